The number of carboxylic acids is 1. The molecule has 0 spiro atoms. The van der Waals surface area contributed by atoms with Crippen LogP contribution in [0.3, 0.4) is 0 Å². The lowest BCUT2D eigenvalue weighted by atomic mass is 9.90. The molecular weight excluding hydrogens is 230 g/mol. The lowest BCUT2D eigenvalue weighted by Crippen LogP contribution is -2.23. The van der Waals surface area contributed by atoms with Crippen molar-refractivity contribution >= 4 is 11.9 Å². The molecule has 4 heteroatoms. The number of carboxylic acid groups (broad SMARTS) is 1. The molecule has 0 aromatic rings. The van der Waals surface area contributed by atoms with Crippen LogP contribution in [0.25, 0.3) is 0 Å². The Labute approximate surface area is 105 Å². The first-order chi connectivity index (χ1) is 8.35. The molecule has 2 rings (SSSR count). The molecule has 0 aromatic carbocycles. The Kier molecular flexibility index (Phi) is 2.73. The molecule has 0 saturated carbocycles. The number of aliphatic carboxylic acids is 1. The van der Waals surface area contributed by atoms with Crippen molar-refractivity contribution < 1.29 is 14.7 Å². The maximum atomic E-state index is 11.8. The average molecular weight is 245 g/mol. The fourth-order valence-electron chi connectivity index (χ4n) is 2.02. The van der Waals surface area contributed by atoms with Crippen molar-refractivity contribution in [1.29, 1.82) is 0 Å². The molecule has 0 aromatic heterocycles. The van der Waals surface area contributed by atoms with Crippen molar-refractivity contribution in [1.82, 2.24) is 5.32 Å². The zero-order valence-electron chi connectivity index (χ0n) is 10.6. The minimum atomic E-state index is -1.04. The van der Waals surface area contributed by atoms with Crippen LogP contribution in [0.5, 0.6) is 0 Å². The number of allylic oxidation sites excluding steroid dienone is 3. The quantitative estimate of drug-likeness (QED) is 0.694. The van der Waals surface area contributed by atoms with Gasteiger partial charge in [0.25, 0.3) is 5.91 Å². The number of carbonyl (C=O) groups is 2. The minimum Gasteiger partial charge on any atom is -0.480 e. The van der Waals surface area contributed by atoms with E-state index >= 15 is 0 Å². The molecule has 0 bridgehead atoms. The van der Waals surface area contributed by atoms with E-state index in [-0.39, 0.29) is 5.91 Å². The topological polar surface area (TPSA) is 66.4 Å². The van der Waals surface area contributed by atoms with Crippen LogP contribution in [-0.2, 0) is 9.59 Å². The molecule has 0 saturated heterocycles. The van der Waals surface area contributed by atoms with Crippen LogP contribution >= 0.6 is 0 Å². The fourth-order valence-corrected chi connectivity index (χ4v) is 2.02. The second-order valence-electron chi connectivity index (χ2n) is 4.91. The average Bonchev–Trinajstić information content (AvgIpc) is 2.50. The summed E-state index contributed by atoms with van der Waals surface area (Å²) in [6, 6.07) is 0. The second-order valence-corrected chi connectivity index (χ2v) is 4.91. The maximum Gasteiger partial charge on any atom is 0.317 e. The standard InChI is InChI=1S/C14H15NO3/c1-8(2)11-9-4-6-14(3,13(17)18)7-5-10(9)15-12(11)16/h4-7H,1-3H3,(H,15,16)(H,17,18). The van der Waals surface area contributed by atoms with Crippen LogP contribution in [0, 0.1) is 5.41 Å². The first kappa shape index (κ1) is 12.4. The highest BCUT2D eigenvalue weighted by Gasteiger charge is 2.32. The van der Waals surface area contributed by atoms with E-state index in [2.05, 4.69) is 5.32 Å². The summed E-state index contributed by atoms with van der Waals surface area (Å²) in [6.07, 6.45) is 6.57. The van der Waals surface area contributed by atoms with Crippen molar-refractivity contribution in [2.45, 2.75) is 20.8 Å². The van der Waals surface area contributed by atoms with Crippen molar-refractivity contribution in [3.8, 4) is 0 Å². The Morgan fingerprint density at radius 2 is 1.89 bits per heavy atom. The monoisotopic (exact) mass is 245 g/mol. The first-order valence-electron chi connectivity index (χ1n) is 5.70. The van der Waals surface area contributed by atoms with Crippen LogP contribution in [0.4, 0.5) is 0 Å². The fraction of sp³-hybridized carbons (Fsp3) is 0.286. The highest BCUT2D eigenvalue weighted by molar-refractivity contribution is 6.05. The van der Waals surface area contributed by atoms with Crippen molar-refractivity contribution in [2.75, 3.05) is 0 Å². The molecule has 1 atom stereocenters. The SMILES string of the molecule is CC(C)=C1C(=O)NC2=C1C=CC(C)(C(=O)O)C=C2. The number of carbonyl (C=O) groups excluding carboxylic acids is 1. The van der Waals surface area contributed by atoms with E-state index in [1.807, 2.05) is 13.8 Å². The Bertz CT molecular complexity index is 560. The third kappa shape index (κ3) is 1.79. The molecule has 1 amide bonds. The number of rotatable bonds is 1. The van der Waals surface area contributed by atoms with E-state index in [1.54, 1.807) is 31.2 Å². The normalized spacial score (nSPS) is 25.9. The van der Waals surface area contributed by atoms with Gasteiger partial charge in [0.2, 0.25) is 0 Å². The number of nitrogens with one attached hydrogen (secondary N) is 1. The summed E-state index contributed by atoms with van der Waals surface area (Å²) in [4.78, 5) is 23.0. The summed E-state index contributed by atoms with van der Waals surface area (Å²) >= 11 is 0. The van der Waals surface area contributed by atoms with Crippen molar-refractivity contribution in [3.05, 3.63) is 46.7 Å². The van der Waals surface area contributed by atoms with Crippen LogP contribution in [-0.4, -0.2) is 17.0 Å². The molecule has 1 aliphatic carbocycles. The summed E-state index contributed by atoms with van der Waals surface area (Å²) in [5.41, 5.74) is 1.93. The highest BCUT2D eigenvalue weighted by atomic mass is 16.4. The van der Waals surface area contributed by atoms with Gasteiger partial charge in [0, 0.05) is 16.8 Å². The van der Waals surface area contributed by atoms with Gasteiger partial charge in [0.05, 0.1) is 0 Å². The van der Waals surface area contributed by atoms with Gasteiger partial charge in [0.15, 0.2) is 0 Å². The van der Waals surface area contributed by atoms with Gasteiger partial charge in [-0.15, -0.1) is 0 Å². The molecule has 0 radical (unpaired) electrons. The molecule has 94 valence electrons. The third-order valence-corrected chi connectivity index (χ3v) is 3.19. The van der Waals surface area contributed by atoms with E-state index in [9.17, 15) is 14.7 Å². The molecule has 1 heterocycles. The lowest BCUT2D eigenvalue weighted by Gasteiger charge is -2.14. The van der Waals surface area contributed by atoms with Gasteiger partial charge < -0.3 is 10.4 Å². The van der Waals surface area contributed by atoms with E-state index < -0.39 is 11.4 Å². The Morgan fingerprint density at radius 1 is 1.28 bits per heavy atom. The van der Waals surface area contributed by atoms with Gasteiger partial charge in [-0.2, -0.15) is 0 Å². The van der Waals surface area contributed by atoms with E-state index in [1.165, 1.54) is 0 Å². The number of amides is 1. The lowest BCUT2D eigenvalue weighted by molar-refractivity contribution is -0.142. The third-order valence-electron chi connectivity index (χ3n) is 3.19. The Morgan fingerprint density at radius 3 is 2.44 bits per heavy atom. The zero-order valence-corrected chi connectivity index (χ0v) is 10.6. The molecule has 2 N–H and O–H groups in total. The summed E-state index contributed by atoms with van der Waals surface area (Å²) in [7, 11) is 0. The maximum absolute atomic E-state index is 11.8. The van der Waals surface area contributed by atoms with Gasteiger partial charge in [-0.3, -0.25) is 9.59 Å². The van der Waals surface area contributed by atoms with E-state index in [0.717, 1.165) is 11.1 Å². The van der Waals surface area contributed by atoms with Crippen molar-refractivity contribution in [2.24, 2.45) is 5.41 Å². The Balaban J connectivity index is 2.51. The predicted octanol–water partition coefficient (Wildman–Crippen LogP) is 1.92. The molecule has 4 nitrogen and oxygen atoms in total. The van der Waals surface area contributed by atoms with Gasteiger partial charge >= 0.3 is 5.97 Å². The second kappa shape index (κ2) is 3.98. The van der Waals surface area contributed by atoms with Crippen LogP contribution in [0.15, 0.2) is 46.7 Å². The zero-order chi connectivity index (χ0) is 13.5. The summed E-state index contributed by atoms with van der Waals surface area (Å²) in [6.45, 7) is 5.35. The largest absolute Gasteiger partial charge is 0.480 e. The summed E-state index contributed by atoms with van der Waals surface area (Å²) in [5.74, 6) is -1.05. The number of hydrogen-bond acceptors (Lipinski definition) is 2. The van der Waals surface area contributed by atoms with E-state index in [0.29, 0.717) is 11.3 Å². The van der Waals surface area contributed by atoms with Gasteiger partial charge in [-0.05, 0) is 26.8 Å². The van der Waals surface area contributed by atoms with Gasteiger partial charge in [0.1, 0.15) is 5.41 Å². The van der Waals surface area contributed by atoms with Crippen LogP contribution < -0.4 is 5.32 Å². The van der Waals surface area contributed by atoms with E-state index in [4.69, 9.17) is 0 Å². The first-order valence-corrected chi connectivity index (χ1v) is 5.70. The molecule has 0 fully saturated rings. The molecule has 1 aliphatic heterocycles. The van der Waals surface area contributed by atoms with Crippen molar-refractivity contribution in [3.63, 3.8) is 0 Å². The summed E-state index contributed by atoms with van der Waals surface area (Å²) in [5, 5.41) is 11.9. The Hall–Kier alpha value is -2.10. The molecule has 1 unspecified atom stereocenters. The minimum absolute atomic E-state index is 0.131. The molecular formula is C14H15NO3. The molecule has 2 aliphatic rings. The predicted molar refractivity (Wildman–Crippen MR) is 67.6 cm³/mol. The van der Waals surface area contributed by atoms with Gasteiger partial charge in [-0.1, -0.05) is 23.8 Å². The van der Waals surface area contributed by atoms with Crippen LogP contribution in [0.2, 0.25) is 0 Å². The highest BCUT2D eigenvalue weighted by Crippen LogP contribution is 2.32. The van der Waals surface area contributed by atoms with Gasteiger partial charge in [-0.25, -0.2) is 0 Å². The smallest absolute Gasteiger partial charge is 0.317 e. The summed E-state index contributed by atoms with van der Waals surface area (Å²) < 4.78 is 0. The molecule has 18 heavy (non-hydrogen) atoms. The number of hydrogen-bond donors (Lipinski definition) is 2. The van der Waals surface area contributed by atoms with Crippen LogP contribution in [0.1, 0.15) is 20.8 Å².